The molecule has 3 rings (SSSR count). The van der Waals surface area contributed by atoms with Gasteiger partial charge in [0.1, 0.15) is 10.8 Å². The zero-order chi connectivity index (χ0) is 21.7. The second kappa shape index (κ2) is 10.3. The van der Waals surface area contributed by atoms with E-state index in [1.165, 1.54) is 23.1 Å². The van der Waals surface area contributed by atoms with Gasteiger partial charge in [0, 0.05) is 12.5 Å². The number of hydrogen-bond donors (Lipinski definition) is 1. The minimum atomic E-state index is -0.392. The summed E-state index contributed by atoms with van der Waals surface area (Å²) in [4.78, 5) is 25.1. The summed E-state index contributed by atoms with van der Waals surface area (Å²) in [5.74, 6) is 1.43. The first-order valence-electron chi connectivity index (χ1n) is 10.2. The van der Waals surface area contributed by atoms with Crippen molar-refractivity contribution in [3.63, 3.8) is 0 Å². The molecule has 1 fully saturated rings. The van der Waals surface area contributed by atoms with Crippen LogP contribution in [0.4, 0.5) is 5.00 Å². The van der Waals surface area contributed by atoms with Gasteiger partial charge >= 0.3 is 5.97 Å². The first-order chi connectivity index (χ1) is 14.4. The maximum atomic E-state index is 12.6. The predicted molar refractivity (Wildman–Crippen MR) is 120 cm³/mol. The van der Waals surface area contributed by atoms with E-state index >= 15 is 0 Å². The SMILES string of the molecule is C=CCn1c(SCC(=O)Nc2scc(CC(C)C)c2C(=O)OCC)nnc1C1CC1. The zero-order valence-corrected chi connectivity index (χ0v) is 19.3. The Kier molecular flexibility index (Phi) is 7.71. The minimum Gasteiger partial charge on any atom is -0.462 e. The van der Waals surface area contributed by atoms with Crippen molar-refractivity contribution in [2.75, 3.05) is 17.7 Å². The number of hydrogen-bond acceptors (Lipinski definition) is 7. The van der Waals surface area contributed by atoms with Gasteiger partial charge in [0.05, 0.1) is 17.9 Å². The molecule has 2 aromatic heterocycles. The summed E-state index contributed by atoms with van der Waals surface area (Å²) in [6.45, 7) is 10.7. The van der Waals surface area contributed by atoms with Gasteiger partial charge in [-0.05, 0) is 43.0 Å². The lowest BCUT2D eigenvalue weighted by Gasteiger charge is -2.10. The molecule has 0 bridgehead atoms. The van der Waals surface area contributed by atoms with Crippen molar-refractivity contribution < 1.29 is 14.3 Å². The van der Waals surface area contributed by atoms with Crippen LogP contribution in [-0.4, -0.2) is 39.0 Å². The smallest absolute Gasteiger partial charge is 0.341 e. The summed E-state index contributed by atoms with van der Waals surface area (Å²) in [7, 11) is 0. The van der Waals surface area contributed by atoms with Crippen LogP contribution >= 0.6 is 23.1 Å². The number of esters is 1. The van der Waals surface area contributed by atoms with Gasteiger partial charge in [-0.25, -0.2) is 4.79 Å². The van der Waals surface area contributed by atoms with E-state index in [0.717, 1.165) is 30.7 Å². The van der Waals surface area contributed by atoms with E-state index in [9.17, 15) is 9.59 Å². The molecule has 0 radical (unpaired) electrons. The predicted octanol–water partition coefficient (Wildman–Crippen LogP) is 4.51. The third-order valence-electron chi connectivity index (χ3n) is 4.56. The monoisotopic (exact) mass is 448 g/mol. The number of nitrogens with one attached hydrogen (secondary N) is 1. The number of carbonyl (C=O) groups is 2. The van der Waals surface area contributed by atoms with E-state index in [-0.39, 0.29) is 11.7 Å². The number of allylic oxidation sites excluding steroid dienone is 1. The van der Waals surface area contributed by atoms with Crippen molar-refractivity contribution in [3.8, 4) is 0 Å². The molecular weight excluding hydrogens is 420 g/mol. The average Bonchev–Trinajstić information content (AvgIpc) is 3.35. The van der Waals surface area contributed by atoms with E-state index in [4.69, 9.17) is 4.74 Å². The molecule has 2 aromatic rings. The van der Waals surface area contributed by atoms with Gasteiger partial charge in [0.25, 0.3) is 0 Å². The van der Waals surface area contributed by atoms with Crippen molar-refractivity contribution in [3.05, 3.63) is 35.0 Å². The molecule has 1 saturated carbocycles. The fourth-order valence-electron chi connectivity index (χ4n) is 3.15. The molecule has 1 amide bonds. The molecule has 0 spiro atoms. The molecule has 0 saturated heterocycles. The molecule has 1 aliphatic rings. The summed E-state index contributed by atoms with van der Waals surface area (Å²) in [5.41, 5.74) is 1.39. The van der Waals surface area contributed by atoms with E-state index in [2.05, 4.69) is 35.9 Å². The molecule has 0 atom stereocenters. The van der Waals surface area contributed by atoms with E-state index in [0.29, 0.717) is 40.7 Å². The lowest BCUT2D eigenvalue weighted by Crippen LogP contribution is -2.17. The van der Waals surface area contributed by atoms with Crippen molar-refractivity contribution in [1.82, 2.24) is 14.8 Å². The largest absolute Gasteiger partial charge is 0.462 e. The number of aromatic nitrogens is 3. The summed E-state index contributed by atoms with van der Waals surface area (Å²) in [5, 5.41) is 14.6. The van der Waals surface area contributed by atoms with Crippen molar-refractivity contribution in [2.24, 2.45) is 5.92 Å². The Hall–Kier alpha value is -2.13. The van der Waals surface area contributed by atoms with Crippen molar-refractivity contribution in [1.29, 1.82) is 0 Å². The molecule has 30 heavy (non-hydrogen) atoms. The molecule has 1 aliphatic carbocycles. The van der Waals surface area contributed by atoms with Gasteiger partial charge in [0.2, 0.25) is 5.91 Å². The van der Waals surface area contributed by atoms with Crippen LogP contribution in [0.3, 0.4) is 0 Å². The Morgan fingerprint density at radius 3 is 2.83 bits per heavy atom. The molecule has 1 N–H and O–H groups in total. The lowest BCUT2D eigenvalue weighted by atomic mass is 10.0. The van der Waals surface area contributed by atoms with Crippen LogP contribution in [0.25, 0.3) is 0 Å². The second-order valence-corrected chi connectivity index (χ2v) is 9.46. The molecule has 0 aromatic carbocycles. The standard InChI is InChI=1S/C21H28N4O3S2/c1-5-9-25-18(14-7-8-14)23-24-21(25)30-12-16(26)22-19-17(20(27)28-6-2)15(11-29-19)10-13(3)4/h5,11,13-14H,1,6-10,12H2,2-4H3,(H,22,26). The highest BCUT2D eigenvalue weighted by Crippen LogP contribution is 2.40. The van der Waals surface area contributed by atoms with Crippen LogP contribution in [0.15, 0.2) is 23.2 Å². The molecule has 0 aliphatic heterocycles. The van der Waals surface area contributed by atoms with Gasteiger partial charge in [0.15, 0.2) is 5.16 Å². The van der Waals surface area contributed by atoms with Crippen LogP contribution in [0.5, 0.6) is 0 Å². The number of carbonyl (C=O) groups excluding carboxylic acids is 2. The number of thioether (sulfide) groups is 1. The van der Waals surface area contributed by atoms with Crippen LogP contribution in [0.1, 0.15) is 61.3 Å². The molecule has 7 nitrogen and oxygen atoms in total. The lowest BCUT2D eigenvalue weighted by molar-refractivity contribution is -0.113. The normalized spacial score (nSPS) is 13.5. The summed E-state index contributed by atoms with van der Waals surface area (Å²) in [6.07, 6.45) is 4.83. The minimum absolute atomic E-state index is 0.180. The topological polar surface area (TPSA) is 86.1 Å². The Morgan fingerprint density at radius 1 is 1.43 bits per heavy atom. The maximum absolute atomic E-state index is 12.6. The van der Waals surface area contributed by atoms with Gasteiger partial charge in [-0.1, -0.05) is 31.7 Å². The molecule has 162 valence electrons. The summed E-state index contributed by atoms with van der Waals surface area (Å²) in [6, 6.07) is 0. The Balaban J connectivity index is 1.68. The highest BCUT2D eigenvalue weighted by Gasteiger charge is 2.30. The van der Waals surface area contributed by atoms with Gasteiger partial charge < -0.3 is 14.6 Å². The van der Waals surface area contributed by atoms with Gasteiger partial charge in [-0.3, -0.25) is 4.79 Å². The Labute approximate surface area is 185 Å². The van der Waals surface area contributed by atoms with Crippen molar-refractivity contribution in [2.45, 2.75) is 57.7 Å². The van der Waals surface area contributed by atoms with Crippen molar-refractivity contribution >= 4 is 40.0 Å². The van der Waals surface area contributed by atoms with Crippen LogP contribution in [-0.2, 0) is 22.5 Å². The van der Waals surface area contributed by atoms with E-state index in [1.54, 1.807) is 6.92 Å². The van der Waals surface area contributed by atoms with Gasteiger partial charge in [-0.15, -0.1) is 28.1 Å². The van der Waals surface area contributed by atoms with Crippen LogP contribution in [0.2, 0.25) is 0 Å². The van der Waals surface area contributed by atoms with E-state index < -0.39 is 5.97 Å². The summed E-state index contributed by atoms with van der Waals surface area (Å²) >= 11 is 2.70. The number of anilines is 1. The third kappa shape index (κ3) is 5.51. The highest BCUT2D eigenvalue weighted by atomic mass is 32.2. The maximum Gasteiger partial charge on any atom is 0.341 e. The Bertz CT molecular complexity index is 915. The number of ether oxygens (including phenoxy) is 1. The van der Waals surface area contributed by atoms with E-state index in [1.807, 2.05) is 16.0 Å². The first-order valence-corrected chi connectivity index (χ1v) is 12.0. The number of thiophene rings is 1. The average molecular weight is 449 g/mol. The fraction of sp³-hybridized carbons (Fsp3) is 0.524. The molecule has 0 unspecified atom stereocenters. The first kappa shape index (κ1) is 22.6. The highest BCUT2D eigenvalue weighted by molar-refractivity contribution is 7.99. The number of rotatable bonds is 11. The number of nitrogens with zero attached hydrogens (tertiary/aromatic N) is 3. The fourth-order valence-corrected chi connectivity index (χ4v) is 4.88. The van der Waals surface area contributed by atoms with Crippen LogP contribution < -0.4 is 5.32 Å². The molecule has 9 heteroatoms. The summed E-state index contributed by atoms with van der Waals surface area (Å²) < 4.78 is 7.24. The Morgan fingerprint density at radius 2 is 2.20 bits per heavy atom. The molecular formula is C21H28N4O3S2. The second-order valence-electron chi connectivity index (χ2n) is 7.63. The molecule has 2 heterocycles. The van der Waals surface area contributed by atoms with Gasteiger partial charge in [-0.2, -0.15) is 0 Å². The number of amides is 1. The quantitative estimate of drug-likeness (QED) is 0.309. The zero-order valence-electron chi connectivity index (χ0n) is 17.6. The third-order valence-corrected chi connectivity index (χ3v) is 6.47. The van der Waals surface area contributed by atoms with Crippen LogP contribution in [0, 0.1) is 5.92 Å².